The van der Waals surface area contributed by atoms with Crippen LogP contribution in [0.2, 0.25) is 0 Å². The number of anilines is 1. The lowest BCUT2D eigenvalue weighted by Crippen LogP contribution is -2.24. The molecule has 2 N–H and O–H groups in total. The largest absolute Gasteiger partial charge is 0.326 e. The molecule has 0 aliphatic carbocycles. The summed E-state index contributed by atoms with van der Waals surface area (Å²) in [5, 5.41) is 3.89. The lowest BCUT2D eigenvalue weighted by atomic mass is 10.1. The molecule has 2 aromatic carbocycles. The number of sulfonamides is 1. The normalized spacial score (nSPS) is 11.6. The standard InChI is InChI=1S/C19H21N3O3S2/c1-2-11-21-27(24,25)17-7-3-14(4-8-17)5-10-19(23)22-16-6-9-18-15(12-16)13-20-26-18/h3-4,6-9,12-13,21H,2,5,10-11H2,1H3,(H,22,23). The number of aryl methyl sites for hydroxylation is 1. The molecule has 3 aromatic rings. The third-order valence-electron chi connectivity index (χ3n) is 4.05. The fraction of sp³-hybridized carbons (Fsp3) is 0.263. The van der Waals surface area contributed by atoms with E-state index in [1.165, 1.54) is 11.5 Å². The molecule has 0 saturated carbocycles. The first-order valence-corrected chi connectivity index (χ1v) is 11.0. The van der Waals surface area contributed by atoms with Crippen LogP contribution in [-0.4, -0.2) is 25.2 Å². The number of amides is 1. The molecule has 0 aliphatic heterocycles. The van der Waals surface area contributed by atoms with E-state index >= 15 is 0 Å². The molecule has 0 saturated heterocycles. The van der Waals surface area contributed by atoms with Crippen molar-refractivity contribution in [3.63, 3.8) is 0 Å². The Kier molecular flexibility index (Phi) is 6.20. The Balaban J connectivity index is 1.55. The monoisotopic (exact) mass is 403 g/mol. The minimum atomic E-state index is -3.46. The van der Waals surface area contributed by atoms with Gasteiger partial charge < -0.3 is 5.32 Å². The van der Waals surface area contributed by atoms with Crippen molar-refractivity contribution in [2.24, 2.45) is 0 Å². The minimum absolute atomic E-state index is 0.0844. The van der Waals surface area contributed by atoms with Crippen LogP contribution < -0.4 is 10.0 Å². The van der Waals surface area contributed by atoms with Crippen LogP contribution in [0.15, 0.2) is 53.6 Å². The van der Waals surface area contributed by atoms with E-state index in [4.69, 9.17) is 0 Å². The fourth-order valence-corrected chi connectivity index (χ4v) is 4.35. The van der Waals surface area contributed by atoms with Crippen molar-refractivity contribution in [3.8, 4) is 0 Å². The second kappa shape index (κ2) is 8.60. The molecule has 8 heteroatoms. The highest BCUT2D eigenvalue weighted by Crippen LogP contribution is 2.22. The first-order chi connectivity index (χ1) is 13.0. The van der Waals surface area contributed by atoms with Crippen LogP contribution in [0.25, 0.3) is 10.1 Å². The van der Waals surface area contributed by atoms with E-state index in [2.05, 4.69) is 14.4 Å². The quantitative estimate of drug-likeness (QED) is 0.602. The summed E-state index contributed by atoms with van der Waals surface area (Å²) in [6.45, 7) is 2.32. The molecular weight excluding hydrogens is 382 g/mol. The molecule has 6 nitrogen and oxygen atoms in total. The summed E-state index contributed by atoms with van der Waals surface area (Å²) in [5.74, 6) is -0.0844. The van der Waals surface area contributed by atoms with Crippen LogP contribution in [0.1, 0.15) is 25.3 Å². The van der Waals surface area contributed by atoms with Gasteiger partial charge in [-0.3, -0.25) is 4.79 Å². The van der Waals surface area contributed by atoms with E-state index in [1.807, 2.05) is 25.1 Å². The molecule has 3 rings (SSSR count). The van der Waals surface area contributed by atoms with Gasteiger partial charge in [-0.05, 0) is 60.3 Å². The molecular formula is C19H21N3O3S2. The van der Waals surface area contributed by atoms with Crippen molar-refractivity contribution in [2.75, 3.05) is 11.9 Å². The number of fused-ring (bicyclic) bond motifs is 1. The van der Waals surface area contributed by atoms with Crippen molar-refractivity contribution in [1.82, 2.24) is 9.10 Å². The fourth-order valence-electron chi connectivity index (χ4n) is 2.59. The number of hydrogen-bond donors (Lipinski definition) is 2. The van der Waals surface area contributed by atoms with Crippen LogP contribution in [0.4, 0.5) is 5.69 Å². The molecule has 1 aromatic heterocycles. The van der Waals surface area contributed by atoms with Gasteiger partial charge in [0.15, 0.2) is 0 Å². The molecule has 0 bridgehead atoms. The number of hydrogen-bond acceptors (Lipinski definition) is 5. The molecule has 0 atom stereocenters. The van der Waals surface area contributed by atoms with E-state index in [9.17, 15) is 13.2 Å². The maximum absolute atomic E-state index is 12.2. The van der Waals surface area contributed by atoms with Gasteiger partial charge in [0.1, 0.15) is 0 Å². The van der Waals surface area contributed by atoms with E-state index in [1.54, 1.807) is 30.5 Å². The average Bonchev–Trinajstić information content (AvgIpc) is 3.13. The highest BCUT2D eigenvalue weighted by atomic mass is 32.2. The van der Waals surface area contributed by atoms with Crippen LogP contribution in [-0.2, 0) is 21.2 Å². The van der Waals surface area contributed by atoms with Crippen LogP contribution in [0.3, 0.4) is 0 Å². The minimum Gasteiger partial charge on any atom is -0.326 e. The Labute approximate surface area is 162 Å². The number of carbonyl (C=O) groups is 1. The summed E-state index contributed by atoms with van der Waals surface area (Å²) in [7, 11) is -3.46. The van der Waals surface area contributed by atoms with Crippen LogP contribution in [0, 0.1) is 0 Å². The molecule has 1 heterocycles. The first-order valence-electron chi connectivity index (χ1n) is 8.71. The van der Waals surface area contributed by atoms with Crippen molar-refractivity contribution >= 4 is 43.2 Å². The predicted molar refractivity (Wildman–Crippen MR) is 108 cm³/mol. The van der Waals surface area contributed by atoms with E-state index < -0.39 is 10.0 Å². The number of nitrogens with zero attached hydrogens (tertiary/aromatic N) is 1. The van der Waals surface area contributed by atoms with Crippen LogP contribution in [0.5, 0.6) is 0 Å². The third kappa shape index (κ3) is 5.12. The van der Waals surface area contributed by atoms with E-state index in [-0.39, 0.29) is 10.8 Å². The van der Waals surface area contributed by atoms with Crippen molar-refractivity contribution < 1.29 is 13.2 Å². The molecule has 142 valence electrons. The van der Waals surface area contributed by atoms with Gasteiger partial charge in [0.25, 0.3) is 0 Å². The second-order valence-electron chi connectivity index (χ2n) is 6.17. The number of carbonyl (C=O) groups excluding carboxylic acids is 1. The Bertz CT molecular complexity index is 1030. The Hall–Kier alpha value is -2.29. The summed E-state index contributed by atoms with van der Waals surface area (Å²) in [6, 6.07) is 12.3. The number of rotatable bonds is 8. The van der Waals surface area contributed by atoms with Gasteiger partial charge in [-0.15, -0.1) is 0 Å². The molecule has 1 amide bonds. The molecule has 0 radical (unpaired) electrons. The SMILES string of the molecule is CCCNS(=O)(=O)c1ccc(CCC(=O)Nc2ccc3sncc3c2)cc1. The topological polar surface area (TPSA) is 88.2 Å². The number of aromatic nitrogens is 1. The van der Waals surface area contributed by atoms with Gasteiger partial charge in [0.2, 0.25) is 15.9 Å². The van der Waals surface area contributed by atoms with Crippen molar-refractivity contribution in [3.05, 3.63) is 54.2 Å². The molecule has 0 unspecified atom stereocenters. The zero-order chi connectivity index (χ0) is 19.3. The first kappa shape index (κ1) is 19.5. The summed E-state index contributed by atoms with van der Waals surface area (Å²) in [5.41, 5.74) is 1.66. The zero-order valence-corrected chi connectivity index (χ0v) is 16.6. The molecule has 0 aliphatic rings. The average molecular weight is 404 g/mol. The lowest BCUT2D eigenvalue weighted by Gasteiger charge is -2.08. The van der Waals surface area contributed by atoms with Gasteiger partial charge >= 0.3 is 0 Å². The number of benzene rings is 2. The lowest BCUT2D eigenvalue weighted by molar-refractivity contribution is -0.116. The third-order valence-corrected chi connectivity index (χ3v) is 6.31. The maximum Gasteiger partial charge on any atom is 0.240 e. The summed E-state index contributed by atoms with van der Waals surface area (Å²) < 4.78 is 31.9. The predicted octanol–water partition coefficient (Wildman–Crippen LogP) is 3.56. The Morgan fingerprint density at radius 1 is 1.15 bits per heavy atom. The molecule has 0 fully saturated rings. The van der Waals surface area contributed by atoms with E-state index in [0.29, 0.717) is 19.4 Å². The highest BCUT2D eigenvalue weighted by molar-refractivity contribution is 7.89. The zero-order valence-electron chi connectivity index (χ0n) is 14.9. The van der Waals surface area contributed by atoms with Gasteiger partial charge in [-0.2, -0.15) is 4.37 Å². The molecule has 27 heavy (non-hydrogen) atoms. The maximum atomic E-state index is 12.2. The summed E-state index contributed by atoms with van der Waals surface area (Å²) in [6.07, 6.45) is 3.37. The Morgan fingerprint density at radius 2 is 1.93 bits per heavy atom. The van der Waals surface area contributed by atoms with Crippen molar-refractivity contribution in [2.45, 2.75) is 31.1 Å². The molecule has 0 spiro atoms. The number of nitrogens with one attached hydrogen (secondary N) is 2. The van der Waals surface area contributed by atoms with Gasteiger partial charge in [-0.1, -0.05) is 19.1 Å². The van der Waals surface area contributed by atoms with Crippen molar-refractivity contribution in [1.29, 1.82) is 0 Å². The van der Waals surface area contributed by atoms with Gasteiger partial charge in [0, 0.05) is 30.2 Å². The smallest absolute Gasteiger partial charge is 0.240 e. The second-order valence-corrected chi connectivity index (χ2v) is 8.77. The van der Waals surface area contributed by atoms with Gasteiger partial charge in [-0.25, -0.2) is 13.1 Å². The summed E-state index contributed by atoms with van der Waals surface area (Å²) >= 11 is 1.42. The highest BCUT2D eigenvalue weighted by Gasteiger charge is 2.12. The summed E-state index contributed by atoms with van der Waals surface area (Å²) in [4.78, 5) is 12.4. The van der Waals surface area contributed by atoms with E-state index in [0.717, 1.165) is 27.8 Å². The Morgan fingerprint density at radius 3 is 2.67 bits per heavy atom. The van der Waals surface area contributed by atoms with Gasteiger partial charge in [0.05, 0.1) is 9.60 Å². The van der Waals surface area contributed by atoms with Crippen LogP contribution >= 0.6 is 11.5 Å².